The second kappa shape index (κ2) is 3.77. The molecule has 0 bridgehead atoms. The van der Waals surface area contributed by atoms with Crippen molar-refractivity contribution in [1.82, 2.24) is 4.90 Å². The number of hydrogen-bond acceptors (Lipinski definition) is 1. The van der Waals surface area contributed by atoms with Crippen LogP contribution in [0.15, 0.2) is 23.8 Å². The van der Waals surface area contributed by atoms with Crippen molar-refractivity contribution in [3.05, 3.63) is 23.8 Å². The van der Waals surface area contributed by atoms with E-state index in [1.54, 1.807) is 19.0 Å². The monoisotopic (exact) mass is 179 g/mol. The molecule has 0 saturated heterocycles. The van der Waals surface area contributed by atoms with Crippen LogP contribution in [0.1, 0.15) is 19.8 Å². The third-order valence-electron chi connectivity index (χ3n) is 2.32. The van der Waals surface area contributed by atoms with Gasteiger partial charge in [0.15, 0.2) is 0 Å². The molecule has 1 atom stereocenters. The maximum Gasteiger partial charge on any atom is 0.225 e. The molecule has 2 heteroatoms. The van der Waals surface area contributed by atoms with Gasteiger partial charge in [-0.15, -0.1) is 0 Å². The van der Waals surface area contributed by atoms with Crippen LogP contribution in [0.5, 0.6) is 0 Å². The van der Waals surface area contributed by atoms with Crippen LogP contribution < -0.4 is 0 Å². The Balaban J connectivity index is 2.70. The molecule has 0 aromatic carbocycles. The summed E-state index contributed by atoms with van der Waals surface area (Å²) in [6.45, 7) is 5.97. The lowest BCUT2D eigenvalue weighted by molar-refractivity contribution is -0.132. The van der Waals surface area contributed by atoms with E-state index < -0.39 is 0 Å². The summed E-state index contributed by atoms with van der Waals surface area (Å²) in [4.78, 5) is 13.3. The van der Waals surface area contributed by atoms with Crippen LogP contribution in [-0.4, -0.2) is 24.9 Å². The van der Waals surface area contributed by atoms with Crippen molar-refractivity contribution >= 4 is 5.91 Å². The van der Waals surface area contributed by atoms with Crippen molar-refractivity contribution in [3.8, 4) is 0 Å². The number of carbonyl (C=O) groups is 1. The van der Waals surface area contributed by atoms with Crippen molar-refractivity contribution in [2.75, 3.05) is 14.1 Å². The highest BCUT2D eigenvalue weighted by Gasteiger charge is 2.23. The van der Waals surface area contributed by atoms with Gasteiger partial charge in [-0.25, -0.2) is 0 Å². The molecule has 0 fully saturated rings. The minimum absolute atomic E-state index is 0.118. The molecule has 1 aliphatic rings. The normalized spacial score (nSPS) is 22.5. The summed E-state index contributed by atoms with van der Waals surface area (Å²) < 4.78 is 0. The third-order valence-corrected chi connectivity index (χ3v) is 2.32. The van der Waals surface area contributed by atoms with Gasteiger partial charge >= 0.3 is 0 Å². The summed E-state index contributed by atoms with van der Waals surface area (Å²) in [6.07, 6.45) is 3.78. The largest absolute Gasteiger partial charge is 0.349 e. The average molecular weight is 179 g/mol. The Morgan fingerprint density at radius 3 is 2.62 bits per heavy atom. The molecule has 72 valence electrons. The lowest BCUT2D eigenvalue weighted by Gasteiger charge is -2.24. The molecule has 1 amide bonds. The van der Waals surface area contributed by atoms with E-state index in [1.165, 1.54) is 5.57 Å². The molecule has 0 saturated carbocycles. The number of rotatable bonds is 1. The molecule has 0 aromatic heterocycles. The summed E-state index contributed by atoms with van der Waals surface area (Å²) in [6, 6.07) is 0. The van der Waals surface area contributed by atoms with Crippen molar-refractivity contribution < 1.29 is 4.79 Å². The van der Waals surface area contributed by atoms with Gasteiger partial charge in [0.25, 0.3) is 0 Å². The fourth-order valence-electron chi connectivity index (χ4n) is 1.78. The molecular weight excluding hydrogens is 162 g/mol. The maximum atomic E-state index is 11.6. The third kappa shape index (κ3) is 2.44. The summed E-state index contributed by atoms with van der Waals surface area (Å²) in [5, 5.41) is 0. The Bertz CT molecular complexity index is 263. The van der Waals surface area contributed by atoms with Gasteiger partial charge in [-0.2, -0.15) is 0 Å². The molecule has 1 rings (SSSR count). The van der Waals surface area contributed by atoms with Gasteiger partial charge in [-0.05, 0) is 19.8 Å². The van der Waals surface area contributed by atoms with Crippen molar-refractivity contribution in [2.45, 2.75) is 19.8 Å². The number of allylic oxidation sites excluding steroid dienone is 3. The first kappa shape index (κ1) is 10.0. The van der Waals surface area contributed by atoms with Crippen LogP contribution in [0.3, 0.4) is 0 Å². The van der Waals surface area contributed by atoms with E-state index in [1.807, 2.05) is 0 Å². The zero-order valence-corrected chi connectivity index (χ0v) is 8.63. The van der Waals surface area contributed by atoms with E-state index in [0.717, 1.165) is 18.4 Å². The van der Waals surface area contributed by atoms with E-state index in [-0.39, 0.29) is 11.8 Å². The summed E-state index contributed by atoms with van der Waals surface area (Å²) in [5.74, 6) is 0.334. The molecular formula is C11H17NO. The first-order chi connectivity index (χ1) is 6.00. The summed E-state index contributed by atoms with van der Waals surface area (Å²) in [5.41, 5.74) is 2.33. The highest BCUT2D eigenvalue weighted by atomic mass is 16.2. The molecule has 0 aromatic rings. The second-order valence-corrected chi connectivity index (χ2v) is 3.99. The zero-order chi connectivity index (χ0) is 10.0. The molecule has 2 nitrogen and oxygen atoms in total. The number of carbonyl (C=O) groups excluding carboxylic acids is 1. The van der Waals surface area contributed by atoms with Crippen molar-refractivity contribution in [3.63, 3.8) is 0 Å². The van der Waals surface area contributed by atoms with E-state index >= 15 is 0 Å². The quantitative estimate of drug-likeness (QED) is 0.602. The standard InChI is InChI=1S/C11H17NO/c1-8-5-9(2)7-10(6-8)11(13)12(3)4/h5,10H,1,6-7H2,2-4H3. The summed E-state index contributed by atoms with van der Waals surface area (Å²) >= 11 is 0. The van der Waals surface area contributed by atoms with E-state index in [2.05, 4.69) is 19.6 Å². The van der Waals surface area contributed by atoms with Gasteiger partial charge in [0, 0.05) is 20.0 Å². The van der Waals surface area contributed by atoms with Crippen LogP contribution in [0.2, 0.25) is 0 Å². The van der Waals surface area contributed by atoms with Crippen molar-refractivity contribution in [2.24, 2.45) is 5.92 Å². The molecule has 0 heterocycles. The fourth-order valence-corrected chi connectivity index (χ4v) is 1.78. The van der Waals surface area contributed by atoms with E-state index in [0.29, 0.717) is 0 Å². The molecule has 1 aliphatic carbocycles. The number of amides is 1. The first-order valence-corrected chi connectivity index (χ1v) is 4.57. The van der Waals surface area contributed by atoms with E-state index in [4.69, 9.17) is 0 Å². The van der Waals surface area contributed by atoms with Gasteiger partial charge in [0.2, 0.25) is 5.91 Å². The van der Waals surface area contributed by atoms with Gasteiger partial charge in [-0.1, -0.05) is 23.8 Å². The molecule has 0 spiro atoms. The highest BCUT2D eigenvalue weighted by molar-refractivity contribution is 5.79. The Labute approximate surface area is 79.9 Å². The van der Waals surface area contributed by atoms with Gasteiger partial charge in [-0.3, -0.25) is 4.79 Å². The average Bonchev–Trinajstić information content (AvgIpc) is 2.01. The fraction of sp³-hybridized carbons (Fsp3) is 0.545. The topological polar surface area (TPSA) is 20.3 Å². The lowest BCUT2D eigenvalue weighted by atomic mass is 9.86. The van der Waals surface area contributed by atoms with Crippen LogP contribution in [-0.2, 0) is 4.79 Å². The SMILES string of the molecule is C=C1C=C(C)CC(C(=O)N(C)C)C1. The van der Waals surface area contributed by atoms with Crippen LogP contribution in [0.4, 0.5) is 0 Å². The Morgan fingerprint density at radius 2 is 2.15 bits per heavy atom. The molecule has 1 unspecified atom stereocenters. The Hall–Kier alpha value is -1.05. The van der Waals surface area contributed by atoms with Crippen LogP contribution >= 0.6 is 0 Å². The lowest BCUT2D eigenvalue weighted by Crippen LogP contribution is -2.31. The smallest absolute Gasteiger partial charge is 0.225 e. The zero-order valence-electron chi connectivity index (χ0n) is 8.63. The molecule has 0 N–H and O–H groups in total. The maximum absolute atomic E-state index is 11.6. The van der Waals surface area contributed by atoms with E-state index in [9.17, 15) is 4.79 Å². The molecule has 13 heavy (non-hydrogen) atoms. The predicted octanol–water partition coefficient (Wildman–Crippen LogP) is 1.99. The van der Waals surface area contributed by atoms with Gasteiger partial charge in [0.05, 0.1) is 0 Å². The minimum Gasteiger partial charge on any atom is -0.349 e. The Morgan fingerprint density at radius 1 is 1.54 bits per heavy atom. The van der Waals surface area contributed by atoms with Crippen LogP contribution in [0, 0.1) is 5.92 Å². The predicted molar refractivity (Wildman–Crippen MR) is 54.3 cm³/mol. The van der Waals surface area contributed by atoms with Gasteiger partial charge < -0.3 is 4.90 Å². The second-order valence-electron chi connectivity index (χ2n) is 3.99. The first-order valence-electron chi connectivity index (χ1n) is 4.57. The molecule has 0 radical (unpaired) electrons. The highest BCUT2D eigenvalue weighted by Crippen LogP contribution is 2.27. The van der Waals surface area contributed by atoms with Gasteiger partial charge in [0.1, 0.15) is 0 Å². The summed E-state index contributed by atoms with van der Waals surface area (Å²) in [7, 11) is 3.61. The number of hydrogen-bond donors (Lipinski definition) is 0. The number of nitrogens with zero attached hydrogens (tertiary/aromatic N) is 1. The minimum atomic E-state index is 0.118. The van der Waals surface area contributed by atoms with Crippen LogP contribution in [0.25, 0.3) is 0 Å². The van der Waals surface area contributed by atoms with Crippen molar-refractivity contribution in [1.29, 1.82) is 0 Å². The molecule has 0 aliphatic heterocycles. The Kier molecular flexibility index (Phi) is 2.91.